The van der Waals surface area contributed by atoms with E-state index in [9.17, 15) is 0 Å². The number of para-hydroxylation sites is 3. The third-order valence-corrected chi connectivity index (χ3v) is 13.2. The number of hydrogen-bond donors (Lipinski definition) is 0. The van der Waals surface area contributed by atoms with E-state index in [0.717, 1.165) is 82.7 Å². The Hall–Kier alpha value is -9.19. The van der Waals surface area contributed by atoms with Gasteiger partial charge in [0, 0.05) is 38.2 Å². The Morgan fingerprint density at radius 3 is 1.38 bits per heavy atom. The molecule has 318 valence electrons. The average molecular weight is 868 g/mol. The maximum Gasteiger partial charge on any atom is 0.238 e. The van der Waals surface area contributed by atoms with Crippen LogP contribution in [0.3, 0.4) is 0 Å². The van der Waals surface area contributed by atoms with E-state index < -0.39 is 0 Å². The van der Waals surface area contributed by atoms with Crippen molar-refractivity contribution in [2.45, 2.75) is 0 Å². The minimum atomic E-state index is 0.558. The van der Waals surface area contributed by atoms with Crippen LogP contribution in [0.15, 0.2) is 249 Å². The normalized spacial score (nSPS) is 11.5. The maximum absolute atomic E-state index is 5.40. The lowest BCUT2D eigenvalue weighted by Crippen LogP contribution is -2.06. The molecule has 13 aromatic rings. The van der Waals surface area contributed by atoms with E-state index in [-0.39, 0.29) is 0 Å². The lowest BCUT2D eigenvalue weighted by atomic mass is 9.98. The van der Waals surface area contributed by atoms with Crippen LogP contribution < -0.4 is 0 Å². The average Bonchev–Trinajstić information content (AvgIpc) is 3.95. The summed E-state index contributed by atoms with van der Waals surface area (Å²) in [5, 5.41) is 4.54. The van der Waals surface area contributed by atoms with E-state index in [4.69, 9.17) is 15.0 Å². The summed E-state index contributed by atoms with van der Waals surface area (Å²) < 4.78 is 4.69. The molecule has 0 N–H and O–H groups in total. The molecule has 0 atom stereocenters. The number of rotatable bonds is 8. The van der Waals surface area contributed by atoms with Crippen molar-refractivity contribution in [2.75, 3.05) is 0 Å². The molecule has 0 aliphatic heterocycles. The highest BCUT2D eigenvalue weighted by molar-refractivity contribution is 6.26. The highest BCUT2D eigenvalue weighted by atomic mass is 15.2. The van der Waals surface area contributed by atoms with Crippen molar-refractivity contribution < 1.29 is 0 Å². The molecule has 3 heterocycles. The molecule has 3 aromatic heterocycles. The summed E-state index contributed by atoms with van der Waals surface area (Å²) in [7, 11) is 0. The molecule has 0 saturated carbocycles. The molecular formula is C63H41N5. The molecule has 0 bridgehead atoms. The molecule has 0 spiro atoms. The van der Waals surface area contributed by atoms with Crippen molar-refractivity contribution >= 4 is 43.6 Å². The third kappa shape index (κ3) is 6.68. The Labute approximate surface area is 393 Å². The van der Waals surface area contributed by atoms with Crippen LogP contribution in [0.1, 0.15) is 0 Å². The summed E-state index contributed by atoms with van der Waals surface area (Å²) in [5.74, 6) is 1.77. The number of nitrogens with zero attached hydrogens (tertiary/aromatic N) is 5. The molecule has 0 fully saturated rings. The van der Waals surface area contributed by atoms with Gasteiger partial charge in [0.2, 0.25) is 5.95 Å². The van der Waals surface area contributed by atoms with E-state index >= 15 is 0 Å². The van der Waals surface area contributed by atoms with Gasteiger partial charge < -0.3 is 4.57 Å². The van der Waals surface area contributed by atoms with Crippen LogP contribution in [0.5, 0.6) is 0 Å². The number of aromatic nitrogens is 5. The van der Waals surface area contributed by atoms with Crippen LogP contribution in [0, 0.1) is 0 Å². The predicted molar refractivity (Wildman–Crippen MR) is 281 cm³/mol. The van der Waals surface area contributed by atoms with Crippen LogP contribution in [-0.2, 0) is 0 Å². The number of hydrogen-bond acceptors (Lipinski definition) is 3. The van der Waals surface area contributed by atoms with Crippen molar-refractivity contribution in [2.24, 2.45) is 0 Å². The molecule has 5 nitrogen and oxygen atoms in total. The molecular weight excluding hydrogens is 827 g/mol. The molecule has 10 aromatic carbocycles. The second kappa shape index (κ2) is 16.4. The van der Waals surface area contributed by atoms with Crippen molar-refractivity contribution in [3.05, 3.63) is 249 Å². The van der Waals surface area contributed by atoms with Crippen molar-refractivity contribution in [3.8, 4) is 78.9 Å². The van der Waals surface area contributed by atoms with E-state index in [0.29, 0.717) is 17.6 Å². The van der Waals surface area contributed by atoms with Gasteiger partial charge in [-0.25, -0.2) is 4.98 Å². The highest BCUT2D eigenvalue weighted by Gasteiger charge is 2.24. The third-order valence-electron chi connectivity index (χ3n) is 13.2. The van der Waals surface area contributed by atoms with Gasteiger partial charge in [0.15, 0.2) is 11.6 Å². The number of fused-ring (bicyclic) bond motifs is 7. The first-order valence-corrected chi connectivity index (χ1v) is 23.0. The first kappa shape index (κ1) is 39.2. The Morgan fingerprint density at radius 1 is 0.265 bits per heavy atom. The van der Waals surface area contributed by atoms with Gasteiger partial charge in [-0.05, 0) is 69.3 Å². The van der Waals surface area contributed by atoms with Crippen molar-refractivity contribution in [3.63, 3.8) is 0 Å². The molecule has 5 heteroatoms. The van der Waals surface area contributed by atoms with E-state index in [1.807, 2.05) is 18.2 Å². The van der Waals surface area contributed by atoms with Crippen molar-refractivity contribution in [1.82, 2.24) is 24.1 Å². The van der Waals surface area contributed by atoms with Crippen LogP contribution in [-0.4, -0.2) is 24.1 Å². The summed E-state index contributed by atoms with van der Waals surface area (Å²) in [6.45, 7) is 0. The molecule has 0 amide bonds. The molecule has 0 aliphatic carbocycles. The fourth-order valence-corrected chi connectivity index (χ4v) is 9.99. The minimum absolute atomic E-state index is 0.558. The zero-order valence-electron chi connectivity index (χ0n) is 36.9. The maximum atomic E-state index is 5.40. The molecule has 0 radical (unpaired) electrons. The van der Waals surface area contributed by atoms with Gasteiger partial charge in [0.1, 0.15) is 0 Å². The SMILES string of the molecule is c1ccc(-c2ccc(-c3ccccc3-n3c4ccccc4c4c3ccc3c5ccccc5n(-c5nc(-c6ccccc6)nc(-c6ccc(-c7cccc(-c8ccccc8)c7)cc6)n5)c34)cc2)cc1. The van der Waals surface area contributed by atoms with Crippen LogP contribution >= 0.6 is 0 Å². The Kier molecular flexibility index (Phi) is 9.43. The zero-order valence-corrected chi connectivity index (χ0v) is 36.9. The molecule has 0 saturated heterocycles. The first-order valence-electron chi connectivity index (χ1n) is 23.0. The van der Waals surface area contributed by atoms with E-state index in [1.54, 1.807) is 0 Å². The summed E-state index contributed by atoms with van der Waals surface area (Å²) in [6.07, 6.45) is 0. The molecule has 0 unspecified atom stereocenters. The molecule has 68 heavy (non-hydrogen) atoms. The van der Waals surface area contributed by atoms with Gasteiger partial charge in [-0.3, -0.25) is 4.57 Å². The van der Waals surface area contributed by atoms with Gasteiger partial charge >= 0.3 is 0 Å². The summed E-state index contributed by atoms with van der Waals surface area (Å²) >= 11 is 0. The summed E-state index contributed by atoms with van der Waals surface area (Å²) in [6, 6.07) is 88.2. The smallest absolute Gasteiger partial charge is 0.238 e. The lowest BCUT2D eigenvalue weighted by Gasteiger charge is -2.15. The van der Waals surface area contributed by atoms with Crippen LogP contribution in [0.2, 0.25) is 0 Å². The second-order valence-electron chi connectivity index (χ2n) is 17.2. The van der Waals surface area contributed by atoms with Gasteiger partial charge in [-0.1, -0.05) is 218 Å². The quantitative estimate of drug-likeness (QED) is 0.153. The topological polar surface area (TPSA) is 48.5 Å². The zero-order chi connectivity index (χ0) is 45.0. The Morgan fingerprint density at radius 2 is 0.721 bits per heavy atom. The van der Waals surface area contributed by atoms with Crippen LogP contribution in [0.25, 0.3) is 123 Å². The Balaban J connectivity index is 1.01. The predicted octanol–water partition coefficient (Wildman–Crippen LogP) is 16.1. The standard InChI is InChI=1S/C63H41N5/c1-4-17-42(18-5-1)44-31-35-46(36-32-44)51-25-10-13-28-55(51)67-57-30-15-12-27-54(57)59-58(67)40-39-53-52-26-11-14-29-56(52)68(60(53)59)63-65-61(47-21-8-3-9-22-47)64-62(66-63)48-37-33-45(34-38-48)50-24-16-23-49(41-50)43-19-6-2-7-20-43/h1-41H. The minimum Gasteiger partial charge on any atom is -0.309 e. The molecule has 13 rings (SSSR count). The first-order chi connectivity index (χ1) is 33.7. The van der Waals surface area contributed by atoms with Gasteiger partial charge in [-0.15, -0.1) is 0 Å². The summed E-state index contributed by atoms with van der Waals surface area (Å²) in [5.41, 5.74) is 16.6. The number of benzene rings is 10. The largest absolute Gasteiger partial charge is 0.309 e. The van der Waals surface area contributed by atoms with E-state index in [2.05, 4.69) is 240 Å². The van der Waals surface area contributed by atoms with E-state index in [1.165, 1.54) is 22.3 Å². The molecule has 0 aliphatic rings. The Bertz CT molecular complexity index is 3980. The summed E-state index contributed by atoms with van der Waals surface area (Å²) in [4.78, 5) is 15.9. The van der Waals surface area contributed by atoms with Crippen molar-refractivity contribution in [1.29, 1.82) is 0 Å². The van der Waals surface area contributed by atoms with Gasteiger partial charge in [-0.2, -0.15) is 9.97 Å². The monoisotopic (exact) mass is 867 g/mol. The lowest BCUT2D eigenvalue weighted by molar-refractivity contribution is 0.955. The fourth-order valence-electron chi connectivity index (χ4n) is 9.99. The van der Waals surface area contributed by atoms with Crippen LogP contribution in [0.4, 0.5) is 0 Å². The second-order valence-corrected chi connectivity index (χ2v) is 17.2. The fraction of sp³-hybridized carbons (Fsp3) is 0. The van der Waals surface area contributed by atoms with Gasteiger partial charge in [0.25, 0.3) is 0 Å². The van der Waals surface area contributed by atoms with Gasteiger partial charge in [0.05, 0.1) is 27.8 Å². The highest BCUT2D eigenvalue weighted by Crippen LogP contribution is 2.43.